The minimum atomic E-state index is -4.54. The number of nitrogens with zero attached hydrogens (tertiary/aromatic N) is 6. The fraction of sp³-hybridized carbons (Fsp3) is 0.269. The van der Waals surface area contributed by atoms with Crippen molar-refractivity contribution >= 4 is 28.0 Å². The van der Waals surface area contributed by atoms with Gasteiger partial charge in [0.1, 0.15) is 23.5 Å². The average Bonchev–Trinajstić information content (AvgIpc) is 3.27. The van der Waals surface area contributed by atoms with E-state index in [1.807, 2.05) is 0 Å². The highest BCUT2D eigenvalue weighted by Crippen LogP contribution is 2.25. The highest BCUT2D eigenvalue weighted by atomic mass is 19.4. The standard InChI is InChI=1S/C26H22F5N7O3/c1-25(2,40)13-37-11-15-9-14(3-8-18(15)36-37)20-22(39)38(16-4-6-17(7-5-16)41-23(27)28)21-19(34-20)10-32-24(35-21)33-12-26(29,30)31/h3-11,23,40H,12-13H2,1-2H3,(H,32,33,35). The molecule has 5 aromatic rings. The number of benzene rings is 2. The molecule has 0 amide bonds. The zero-order valence-corrected chi connectivity index (χ0v) is 21.5. The molecule has 5 rings (SSSR count). The molecule has 0 aliphatic carbocycles. The van der Waals surface area contributed by atoms with Gasteiger partial charge in [0.15, 0.2) is 5.65 Å². The first-order valence-electron chi connectivity index (χ1n) is 12.1. The monoisotopic (exact) mass is 575 g/mol. The highest BCUT2D eigenvalue weighted by molar-refractivity contribution is 5.85. The molecule has 0 spiro atoms. The Hall–Kier alpha value is -4.66. The maximum atomic E-state index is 13.8. The number of aromatic nitrogens is 6. The third-order valence-electron chi connectivity index (χ3n) is 5.74. The normalized spacial score (nSPS) is 12.4. The molecule has 41 heavy (non-hydrogen) atoms. The first-order chi connectivity index (χ1) is 19.3. The smallest absolute Gasteiger partial charge is 0.405 e. The average molecular weight is 575 g/mol. The molecule has 0 fully saturated rings. The summed E-state index contributed by atoms with van der Waals surface area (Å²) in [7, 11) is 0. The van der Waals surface area contributed by atoms with E-state index in [0.717, 1.165) is 4.57 Å². The maximum absolute atomic E-state index is 13.8. The lowest BCUT2D eigenvalue weighted by atomic mass is 10.1. The molecule has 10 nitrogen and oxygen atoms in total. The summed E-state index contributed by atoms with van der Waals surface area (Å²) < 4.78 is 70.6. The van der Waals surface area contributed by atoms with Crippen LogP contribution in [0.15, 0.2) is 59.7 Å². The van der Waals surface area contributed by atoms with Gasteiger partial charge in [-0.3, -0.25) is 14.0 Å². The second kappa shape index (κ2) is 10.4. The van der Waals surface area contributed by atoms with Gasteiger partial charge in [0.05, 0.1) is 29.5 Å². The molecule has 15 heteroatoms. The van der Waals surface area contributed by atoms with Crippen molar-refractivity contribution in [3.8, 4) is 22.7 Å². The third-order valence-corrected chi connectivity index (χ3v) is 5.74. The molecule has 0 unspecified atom stereocenters. The fourth-order valence-corrected chi connectivity index (χ4v) is 4.15. The van der Waals surface area contributed by atoms with Crippen molar-refractivity contribution in [2.75, 3.05) is 11.9 Å². The van der Waals surface area contributed by atoms with E-state index in [1.165, 1.54) is 30.5 Å². The van der Waals surface area contributed by atoms with Crippen LogP contribution in [0.4, 0.5) is 27.9 Å². The number of alkyl halides is 5. The van der Waals surface area contributed by atoms with Crippen molar-refractivity contribution in [1.29, 1.82) is 0 Å². The molecule has 0 radical (unpaired) electrons. The van der Waals surface area contributed by atoms with Crippen LogP contribution < -0.4 is 15.6 Å². The number of nitrogens with one attached hydrogen (secondary N) is 1. The Morgan fingerprint density at radius 2 is 1.78 bits per heavy atom. The highest BCUT2D eigenvalue weighted by Gasteiger charge is 2.27. The topological polar surface area (TPSA) is 120 Å². The summed E-state index contributed by atoms with van der Waals surface area (Å²) in [5.41, 5.74) is -0.559. The van der Waals surface area contributed by atoms with Gasteiger partial charge in [-0.05, 0) is 50.2 Å². The van der Waals surface area contributed by atoms with E-state index in [4.69, 9.17) is 0 Å². The van der Waals surface area contributed by atoms with Crippen LogP contribution in [0.25, 0.3) is 39.0 Å². The van der Waals surface area contributed by atoms with Crippen molar-refractivity contribution in [1.82, 2.24) is 29.3 Å². The number of rotatable bonds is 8. The molecule has 3 aromatic heterocycles. The van der Waals surface area contributed by atoms with Crippen LogP contribution in [0.1, 0.15) is 13.8 Å². The maximum Gasteiger partial charge on any atom is 0.405 e. The van der Waals surface area contributed by atoms with Gasteiger partial charge < -0.3 is 15.2 Å². The van der Waals surface area contributed by atoms with Crippen LogP contribution >= 0.6 is 0 Å². The van der Waals surface area contributed by atoms with Crippen molar-refractivity contribution in [3.05, 3.63) is 65.2 Å². The molecule has 0 saturated carbocycles. The van der Waals surface area contributed by atoms with Crippen LogP contribution in [-0.2, 0) is 6.54 Å². The summed E-state index contributed by atoms with van der Waals surface area (Å²) >= 11 is 0. The fourth-order valence-electron chi connectivity index (χ4n) is 4.15. The van der Waals surface area contributed by atoms with Crippen molar-refractivity contribution in [3.63, 3.8) is 0 Å². The van der Waals surface area contributed by atoms with Crippen LogP contribution in [0.3, 0.4) is 0 Å². The number of fused-ring (bicyclic) bond motifs is 2. The lowest BCUT2D eigenvalue weighted by Crippen LogP contribution is -2.26. The zero-order valence-electron chi connectivity index (χ0n) is 21.5. The predicted molar refractivity (Wildman–Crippen MR) is 139 cm³/mol. The van der Waals surface area contributed by atoms with Gasteiger partial charge in [-0.25, -0.2) is 9.97 Å². The van der Waals surface area contributed by atoms with Gasteiger partial charge in [-0.15, -0.1) is 0 Å². The number of hydrogen-bond acceptors (Lipinski definition) is 8. The molecule has 0 aliphatic heterocycles. The molecule has 0 bridgehead atoms. The first kappa shape index (κ1) is 27.9. The number of halogens is 5. The second-order valence-corrected chi connectivity index (χ2v) is 9.76. The molecule has 214 valence electrons. The largest absolute Gasteiger partial charge is 0.435 e. The Morgan fingerprint density at radius 3 is 2.44 bits per heavy atom. The number of hydrogen-bond donors (Lipinski definition) is 2. The SMILES string of the molecule is CC(C)(O)Cn1cc2cc(-c3nc4cnc(NCC(F)(F)F)nc4n(-c4ccc(OC(F)F)cc4)c3=O)ccc2n1. The van der Waals surface area contributed by atoms with E-state index in [9.17, 15) is 31.9 Å². The second-order valence-electron chi connectivity index (χ2n) is 9.76. The summed E-state index contributed by atoms with van der Waals surface area (Å²) in [5, 5.41) is 17.3. The van der Waals surface area contributed by atoms with Gasteiger partial charge in [-0.1, -0.05) is 6.07 Å². The number of ether oxygens (including phenoxy) is 1. The van der Waals surface area contributed by atoms with Crippen LogP contribution in [-0.4, -0.2) is 59.3 Å². The quantitative estimate of drug-likeness (QED) is 0.259. The molecule has 2 N–H and O–H groups in total. The molecule has 0 saturated heterocycles. The van der Waals surface area contributed by atoms with E-state index >= 15 is 0 Å². The van der Waals surface area contributed by atoms with E-state index in [-0.39, 0.29) is 34.8 Å². The van der Waals surface area contributed by atoms with Gasteiger partial charge in [0.2, 0.25) is 5.95 Å². The van der Waals surface area contributed by atoms with Crippen LogP contribution in [0, 0.1) is 0 Å². The van der Waals surface area contributed by atoms with E-state index in [0.29, 0.717) is 16.5 Å². The Labute approximate surface area is 228 Å². The predicted octanol–water partition coefficient (Wildman–Crippen LogP) is 4.54. The Balaban J connectivity index is 1.65. The Kier molecular flexibility index (Phi) is 7.07. The summed E-state index contributed by atoms with van der Waals surface area (Å²) in [6.45, 7) is -0.954. The van der Waals surface area contributed by atoms with Crippen molar-refractivity contribution in [2.24, 2.45) is 0 Å². The minimum Gasteiger partial charge on any atom is -0.435 e. The summed E-state index contributed by atoms with van der Waals surface area (Å²) in [6, 6.07) is 10.1. The molecule has 0 aliphatic rings. The first-order valence-corrected chi connectivity index (χ1v) is 12.1. The van der Waals surface area contributed by atoms with Gasteiger partial charge >= 0.3 is 12.8 Å². The minimum absolute atomic E-state index is 0.0258. The number of aliphatic hydroxyl groups is 1. The summed E-state index contributed by atoms with van der Waals surface area (Å²) in [6.07, 6.45) is -1.66. The Morgan fingerprint density at radius 1 is 1.05 bits per heavy atom. The number of anilines is 1. The Bertz CT molecular complexity index is 1780. The van der Waals surface area contributed by atoms with E-state index in [1.54, 1.807) is 42.9 Å². The third kappa shape index (κ3) is 6.40. The van der Waals surface area contributed by atoms with Crippen LogP contribution in [0.5, 0.6) is 5.75 Å². The zero-order chi connectivity index (χ0) is 29.5. The summed E-state index contributed by atoms with van der Waals surface area (Å²) in [5.74, 6) is -0.554. The molecular weight excluding hydrogens is 553 g/mol. The molecule has 3 heterocycles. The van der Waals surface area contributed by atoms with Gasteiger partial charge in [0, 0.05) is 17.1 Å². The van der Waals surface area contributed by atoms with E-state index < -0.39 is 36.4 Å². The molecular formula is C26H22F5N7O3. The van der Waals surface area contributed by atoms with Crippen LogP contribution in [0.2, 0.25) is 0 Å². The molecule has 2 aromatic carbocycles. The molecule has 0 atom stereocenters. The van der Waals surface area contributed by atoms with Crippen molar-refractivity contribution in [2.45, 2.75) is 38.8 Å². The lowest BCUT2D eigenvalue weighted by Gasteiger charge is -2.16. The van der Waals surface area contributed by atoms with E-state index in [2.05, 4.69) is 30.1 Å². The summed E-state index contributed by atoms with van der Waals surface area (Å²) in [4.78, 5) is 26.3. The van der Waals surface area contributed by atoms with Gasteiger partial charge in [0.25, 0.3) is 5.56 Å². The van der Waals surface area contributed by atoms with Crippen molar-refractivity contribution < 1.29 is 31.8 Å². The lowest BCUT2D eigenvalue weighted by molar-refractivity contribution is -0.115. The van der Waals surface area contributed by atoms with Gasteiger partial charge in [-0.2, -0.15) is 32.0 Å².